The summed E-state index contributed by atoms with van der Waals surface area (Å²) in [6.07, 6.45) is -3.44. The maximum atomic E-state index is 11.9. The fourth-order valence-corrected chi connectivity index (χ4v) is 1.11. The number of rotatable bonds is 4. The predicted octanol–water partition coefficient (Wildman–Crippen LogP) is 1.09. The number of pyridine rings is 1. The molecule has 1 amide bonds. The molecule has 0 aliphatic heterocycles. The molecule has 0 saturated heterocycles. The van der Waals surface area contributed by atoms with Crippen molar-refractivity contribution in [1.29, 1.82) is 0 Å². The summed E-state index contributed by atoms with van der Waals surface area (Å²) in [6.45, 7) is -0.517. The second-order valence-electron chi connectivity index (χ2n) is 2.98. The number of nitrogens with zero attached hydrogens (tertiary/aromatic N) is 1. The second-order valence-corrected chi connectivity index (χ2v) is 3.37. The van der Waals surface area contributed by atoms with Crippen LogP contribution in [0.25, 0.3) is 0 Å². The van der Waals surface area contributed by atoms with Crippen molar-refractivity contribution in [2.45, 2.75) is 12.5 Å². The number of nitrogens with one attached hydrogen (secondary N) is 1. The smallest absolute Gasteiger partial charge is 0.265 e. The highest BCUT2D eigenvalue weighted by Crippen LogP contribution is 2.07. The monoisotopic (exact) mass is 250 g/mol. The van der Waals surface area contributed by atoms with Gasteiger partial charge in [-0.1, -0.05) is 11.6 Å². The molecule has 2 N–H and O–H groups in total. The molecule has 88 valence electrons. The van der Waals surface area contributed by atoms with E-state index in [1.165, 1.54) is 18.3 Å². The van der Waals surface area contributed by atoms with Gasteiger partial charge in [0.15, 0.2) is 0 Å². The highest BCUT2D eigenvalue weighted by molar-refractivity contribution is 6.29. The minimum Gasteiger partial charge on any atom is -0.385 e. The number of halogens is 3. The molecule has 0 bridgehead atoms. The van der Waals surface area contributed by atoms with E-state index in [9.17, 15) is 13.6 Å². The SMILES string of the molecule is O=C(NCC(O)C(F)F)c1ccnc(Cl)c1. The maximum absolute atomic E-state index is 11.9. The molecule has 0 aliphatic rings. The van der Waals surface area contributed by atoms with Crippen LogP contribution in [0.3, 0.4) is 0 Å². The van der Waals surface area contributed by atoms with Crippen molar-refractivity contribution < 1.29 is 18.7 Å². The van der Waals surface area contributed by atoms with Crippen LogP contribution < -0.4 is 5.32 Å². The highest BCUT2D eigenvalue weighted by atomic mass is 35.5. The van der Waals surface area contributed by atoms with Crippen LogP contribution in [0.2, 0.25) is 5.15 Å². The average molecular weight is 251 g/mol. The molecular formula is C9H9ClF2N2O2. The summed E-state index contributed by atoms with van der Waals surface area (Å²) in [7, 11) is 0. The number of aliphatic hydroxyl groups excluding tert-OH is 1. The van der Waals surface area contributed by atoms with Gasteiger partial charge in [0.1, 0.15) is 11.3 Å². The van der Waals surface area contributed by atoms with E-state index in [2.05, 4.69) is 10.3 Å². The molecule has 1 atom stereocenters. The fraction of sp³-hybridized carbons (Fsp3) is 0.333. The molecule has 1 aromatic rings. The molecule has 1 unspecified atom stereocenters. The lowest BCUT2D eigenvalue weighted by Crippen LogP contribution is -2.35. The van der Waals surface area contributed by atoms with E-state index in [0.29, 0.717) is 0 Å². The van der Waals surface area contributed by atoms with Crippen LogP contribution in [-0.4, -0.2) is 35.1 Å². The van der Waals surface area contributed by atoms with Crippen molar-refractivity contribution >= 4 is 17.5 Å². The molecular weight excluding hydrogens is 242 g/mol. The van der Waals surface area contributed by atoms with Crippen LogP contribution >= 0.6 is 11.6 Å². The largest absolute Gasteiger partial charge is 0.385 e. The van der Waals surface area contributed by atoms with Gasteiger partial charge in [-0.15, -0.1) is 0 Å². The Hall–Kier alpha value is -1.27. The van der Waals surface area contributed by atoms with Crippen LogP contribution in [0.5, 0.6) is 0 Å². The molecule has 1 aromatic heterocycles. The Bertz CT molecular complexity index is 376. The number of hydrogen-bond donors (Lipinski definition) is 2. The zero-order valence-electron chi connectivity index (χ0n) is 8.03. The molecule has 0 radical (unpaired) electrons. The Kier molecular flexibility index (Phi) is 4.57. The quantitative estimate of drug-likeness (QED) is 0.787. The molecule has 16 heavy (non-hydrogen) atoms. The van der Waals surface area contributed by atoms with Gasteiger partial charge in [0.2, 0.25) is 0 Å². The van der Waals surface area contributed by atoms with E-state index < -0.39 is 25.0 Å². The molecule has 7 heteroatoms. The van der Waals surface area contributed by atoms with Crippen molar-refractivity contribution in [3.63, 3.8) is 0 Å². The first-order valence-corrected chi connectivity index (χ1v) is 4.74. The third kappa shape index (κ3) is 3.71. The van der Waals surface area contributed by atoms with E-state index in [1.54, 1.807) is 0 Å². The van der Waals surface area contributed by atoms with Crippen LogP contribution in [0.4, 0.5) is 8.78 Å². The van der Waals surface area contributed by atoms with Gasteiger partial charge in [0, 0.05) is 18.3 Å². The Morgan fingerprint density at radius 2 is 2.31 bits per heavy atom. The second kappa shape index (κ2) is 5.72. The maximum Gasteiger partial charge on any atom is 0.265 e. The first-order chi connectivity index (χ1) is 7.50. The van der Waals surface area contributed by atoms with Gasteiger partial charge in [0.25, 0.3) is 12.3 Å². The van der Waals surface area contributed by atoms with E-state index >= 15 is 0 Å². The Labute approximate surface area is 95.3 Å². The summed E-state index contributed by atoms with van der Waals surface area (Å²) < 4.78 is 23.8. The summed E-state index contributed by atoms with van der Waals surface area (Å²) in [5, 5.41) is 11.1. The summed E-state index contributed by atoms with van der Waals surface area (Å²) in [4.78, 5) is 15.0. The van der Waals surface area contributed by atoms with E-state index in [4.69, 9.17) is 16.7 Å². The lowest BCUT2D eigenvalue weighted by atomic mass is 10.2. The van der Waals surface area contributed by atoms with Gasteiger partial charge in [-0.3, -0.25) is 4.79 Å². The number of carbonyl (C=O) groups excluding carboxylic acids is 1. The lowest BCUT2D eigenvalue weighted by molar-refractivity contribution is -0.00270. The molecule has 1 rings (SSSR count). The molecule has 0 aliphatic carbocycles. The number of amides is 1. The summed E-state index contributed by atoms with van der Waals surface area (Å²) >= 11 is 5.54. The minimum absolute atomic E-state index is 0.127. The van der Waals surface area contributed by atoms with Crippen LogP contribution in [0.1, 0.15) is 10.4 Å². The molecule has 0 aromatic carbocycles. The Morgan fingerprint density at radius 1 is 1.62 bits per heavy atom. The van der Waals surface area contributed by atoms with Crippen molar-refractivity contribution in [3.05, 3.63) is 29.0 Å². The number of aliphatic hydroxyl groups is 1. The molecule has 0 spiro atoms. The fourth-order valence-electron chi connectivity index (χ4n) is 0.932. The number of alkyl halides is 2. The number of carbonyl (C=O) groups is 1. The average Bonchev–Trinajstić information content (AvgIpc) is 2.25. The van der Waals surface area contributed by atoms with Gasteiger partial charge in [-0.05, 0) is 12.1 Å². The third-order valence-corrected chi connectivity index (χ3v) is 1.96. The zero-order valence-corrected chi connectivity index (χ0v) is 8.79. The van der Waals surface area contributed by atoms with Gasteiger partial charge in [-0.2, -0.15) is 0 Å². The minimum atomic E-state index is -2.89. The topological polar surface area (TPSA) is 62.2 Å². The summed E-state index contributed by atoms with van der Waals surface area (Å²) in [5.74, 6) is -0.594. The normalized spacial score (nSPS) is 12.6. The lowest BCUT2D eigenvalue weighted by Gasteiger charge is -2.10. The summed E-state index contributed by atoms with van der Waals surface area (Å²) in [6, 6.07) is 2.68. The van der Waals surface area contributed by atoms with Gasteiger partial charge >= 0.3 is 0 Å². The Balaban J connectivity index is 2.53. The number of aromatic nitrogens is 1. The van der Waals surface area contributed by atoms with E-state index in [-0.39, 0.29) is 10.7 Å². The van der Waals surface area contributed by atoms with E-state index in [1.807, 2.05) is 0 Å². The predicted molar refractivity (Wildman–Crippen MR) is 53.6 cm³/mol. The van der Waals surface area contributed by atoms with Crippen LogP contribution in [0, 0.1) is 0 Å². The zero-order chi connectivity index (χ0) is 12.1. The van der Waals surface area contributed by atoms with Crippen LogP contribution in [0.15, 0.2) is 18.3 Å². The molecule has 0 fully saturated rings. The van der Waals surface area contributed by atoms with Crippen molar-refractivity contribution in [2.24, 2.45) is 0 Å². The first-order valence-electron chi connectivity index (χ1n) is 4.36. The van der Waals surface area contributed by atoms with Gasteiger partial charge in [-0.25, -0.2) is 13.8 Å². The van der Waals surface area contributed by atoms with E-state index in [0.717, 1.165) is 0 Å². The third-order valence-electron chi connectivity index (χ3n) is 1.75. The molecule has 0 saturated carbocycles. The number of hydrogen-bond acceptors (Lipinski definition) is 3. The molecule has 4 nitrogen and oxygen atoms in total. The van der Waals surface area contributed by atoms with Crippen molar-refractivity contribution in [1.82, 2.24) is 10.3 Å². The van der Waals surface area contributed by atoms with Gasteiger partial charge < -0.3 is 10.4 Å². The van der Waals surface area contributed by atoms with Crippen LogP contribution in [-0.2, 0) is 0 Å². The highest BCUT2D eigenvalue weighted by Gasteiger charge is 2.17. The Morgan fingerprint density at radius 3 is 2.88 bits per heavy atom. The first kappa shape index (κ1) is 12.8. The van der Waals surface area contributed by atoms with Crippen molar-refractivity contribution in [3.8, 4) is 0 Å². The van der Waals surface area contributed by atoms with Crippen molar-refractivity contribution in [2.75, 3.05) is 6.54 Å². The van der Waals surface area contributed by atoms with Gasteiger partial charge in [0.05, 0.1) is 0 Å². The molecule has 1 heterocycles. The standard InChI is InChI=1S/C9H9ClF2N2O2/c10-7-3-5(1-2-13-7)9(16)14-4-6(15)8(11)12/h1-3,6,8,15H,4H2,(H,14,16). The summed E-state index contributed by atoms with van der Waals surface area (Å²) in [5.41, 5.74) is 0.196.